The minimum atomic E-state index is -0.234. The minimum absolute atomic E-state index is 0.234. The SMILES string of the molecule is O=C(NCCc1ccc2c(c1)OCO2)Nc1cccc(-c2nccs2)c1. The number of thiazole rings is 1. The van der Waals surface area contributed by atoms with Crippen LogP contribution >= 0.6 is 11.3 Å². The van der Waals surface area contributed by atoms with Crippen molar-refractivity contribution < 1.29 is 14.3 Å². The van der Waals surface area contributed by atoms with Crippen LogP contribution in [0.25, 0.3) is 10.6 Å². The maximum Gasteiger partial charge on any atom is 0.319 e. The number of carbonyl (C=O) groups excluding carboxylic acids is 1. The Hall–Kier alpha value is -3.06. The number of carbonyl (C=O) groups is 1. The van der Waals surface area contributed by atoms with Gasteiger partial charge in [-0.3, -0.25) is 0 Å². The Balaban J connectivity index is 1.30. The molecule has 7 heteroatoms. The normalized spacial score (nSPS) is 12.0. The second kappa shape index (κ2) is 7.45. The van der Waals surface area contributed by atoms with Crippen LogP contribution in [0.2, 0.25) is 0 Å². The third-order valence-corrected chi connectivity index (χ3v) is 4.76. The molecule has 2 N–H and O–H groups in total. The molecule has 0 atom stereocenters. The average molecular weight is 367 g/mol. The van der Waals surface area contributed by atoms with Crippen molar-refractivity contribution in [2.24, 2.45) is 0 Å². The molecular formula is C19H17N3O3S. The van der Waals surface area contributed by atoms with Gasteiger partial charge in [-0.25, -0.2) is 9.78 Å². The van der Waals surface area contributed by atoms with Crippen molar-refractivity contribution in [1.82, 2.24) is 10.3 Å². The number of benzene rings is 2. The van der Waals surface area contributed by atoms with Crippen LogP contribution < -0.4 is 20.1 Å². The van der Waals surface area contributed by atoms with Gasteiger partial charge in [0.15, 0.2) is 11.5 Å². The number of urea groups is 1. The Morgan fingerprint density at radius 1 is 1.15 bits per heavy atom. The number of rotatable bonds is 5. The van der Waals surface area contributed by atoms with Gasteiger partial charge in [0.1, 0.15) is 5.01 Å². The van der Waals surface area contributed by atoms with Gasteiger partial charge in [-0.1, -0.05) is 18.2 Å². The zero-order valence-corrected chi connectivity index (χ0v) is 14.7. The van der Waals surface area contributed by atoms with Gasteiger partial charge in [0.05, 0.1) is 0 Å². The summed E-state index contributed by atoms with van der Waals surface area (Å²) in [6.07, 6.45) is 2.48. The lowest BCUT2D eigenvalue weighted by Crippen LogP contribution is -2.30. The second-order valence-corrected chi connectivity index (χ2v) is 6.63. The third kappa shape index (κ3) is 3.78. The number of hydrogen-bond donors (Lipinski definition) is 2. The number of anilines is 1. The number of nitrogens with one attached hydrogen (secondary N) is 2. The molecular weight excluding hydrogens is 350 g/mol. The van der Waals surface area contributed by atoms with Gasteiger partial charge < -0.3 is 20.1 Å². The summed E-state index contributed by atoms with van der Waals surface area (Å²) in [6, 6.07) is 13.2. The number of ether oxygens (including phenoxy) is 2. The number of fused-ring (bicyclic) bond motifs is 1. The number of aromatic nitrogens is 1. The van der Waals surface area contributed by atoms with E-state index in [1.807, 2.05) is 47.8 Å². The summed E-state index contributed by atoms with van der Waals surface area (Å²) in [4.78, 5) is 16.4. The van der Waals surface area contributed by atoms with Gasteiger partial charge >= 0.3 is 6.03 Å². The molecule has 0 spiro atoms. The van der Waals surface area contributed by atoms with Crippen LogP contribution in [0.3, 0.4) is 0 Å². The molecule has 6 nitrogen and oxygen atoms in total. The zero-order valence-electron chi connectivity index (χ0n) is 13.9. The predicted octanol–water partition coefficient (Wildman–Crippen LogP) is 3.90. The summed E-state index contributed by atoms with van der Waals surface area (Å²) in [6.45, 7) is 0.789. The molecule has 0 saturated carbocycles. The topological polar surface area (TPSA) is 72.5 Å². The Bertz CT molecular complexity index is 912. The van der Waals surface area contributed by atoms with E-state index in [1.165, 1.54) is 0 Å². The molecule has 132 valence electrons. The molecule has 1 aliphatic rings. The highest BCUT2D eigenvalue weighted by Crippen LogP contribution is 2.32. The highest BCUT2D eigenvalue weighted by molar-refractivity contribution is 7.13. The number of amides is 2. The predicted molar refractivity (Wildman–Crippen MR) is 101 cm³/mol. The summed E-state index contributed by atoms with van der Waals surface area (Å²) in [7, 11) is 0. The van der Waals surface area contributed by atoms with Crippen LogP contribution in [-0.4, -0.2) is 24.4 Å². The highest BCUT2D eigenvalue weighted by Gasteiger charge is 2.13. The molecule has 1 aromatic heterocycles. The zero-order chi connectivity index (χ0) is 17.8. The van der Waals surface area contributed by atoms with Gasteiger partial charge in [-0.2, -0.15) is 0 Å². The fourth-order valence-corrected chi connectivity index (χ4v) is 3.32. The van der Waals surface area contributed by atoms with Crippen molar-refractivity contribution in [2.75, 3.05) is 18.7 Å². The Morgan fingerprint density at radius 3 is 2.96 bits per heavy atom. The summed E-state index contributed by atoms with van der Waals surface area (Å²) in [5, 5.41) is 8.58. The van der Waals surface area contributed by atoms with Crippen molar-refractivity contribution in [3.63, 3.8) is 0 Å². The van der Waals surface area contributed by atoms with Crippen LogP contribution in [0.1, 0.15) is 5.56 Å². The molecule has 0 radical (unpaired) electrons. The first-order valence-electron chi connectivity index (χ1n) is 8.21. The van der Waals surface area contributed by atoms with Gasteiger partial charge in [0, 0.05) is 29.4 Å². The first-order chi connectivity index (χ1) is 12.8. The first kappa shape index (κ1) is 16.4. The molecule has 0 unspecified atom stereocenters. The summed E-state index contributed by atoms with van der Waals surface area (Å²) < 4.78 is 10.7. The van der Waals surface area contributed by atoms with E-state index in [2.05, 4.69) is 15.6 Å². The van der Waals surface area contributed by atoms with E-state index in [4.69, 9.17) is 9.47 Å². The van der Waals surface area contributed by atoms with Crippen molar-refractivity contribution >= 4 is 23.1 Å². The van der Waals surface area contributed by atoms with Gasteiger partial charge in [-0.05, 0) is 36.2 Å². The molecule has 0 fully saturated rings. The second-order valence-electron chi connectivity index (χ2n) is 5.74. The molecule has 2 aromatic carbocycles. The van der Waals surface area contributed by atoms with Crippen LogP contribution in [0.15, 0.2) is 54.0 Å². The van der Waals surface area contributed by atoms with Crippen molar-refractivity contribution in [3.8, 4) is 22.1 Å². The monoisotopic (exact) mass is 367 g/mol. The largest absolute Gasteiger partial charge is 0.454 e. The van der Waals surface area contributed by atoms with Gasteiger partial charge in [-0.15, -0.1) is 11.3 Å². The smallest absolute Gasteiger partial charge is 0.319 e. The fourth-order valence-electron chi connectivity index (χ4n) is 2.69. The molecule has 0 saturated heterocycles. The Kier molecular flexibility index (Phi) is 4.70. The molecule has 0 aliphatic carbocycles. The van der Waals surface area contributed by atoms with Gasteiger partial charge in [0.2, 0.25) is 6.79 Å². The molecule has 3 aromatic rings. The van der Waals surface area contributed by atoms with E-state index in [-0.39, 0.29) is 12.8 Å². The molecule has 2 heterocycles. The lowest BCUT2D eigenvalue weighted by molar-refractivity contribution is 0.174. The van der Waals surface area contributed by atoms with Crippen molar-refractivity contribution in [3.05, 3.63) is 59.6 Å². The maximum atomic E-state index is 12.1. The molecule has 2 amide bonds. The van der Waals surface area contributed by atoms with E-state index in [0.717, 1.165) is 33.3 Å². The average Bonchev–Trinajstić information content (AvgIpc) is 3.33. The molecule has 26 heavy (non-hydrogen) atoms. The molecule has 0 bridgehead atoms. The third-order valence-electron chi connectivity index (χ3n) is 3.94. The standard InChI is InChI=1S/C19H17N3O3S/c23-19(21-7-6-13-4-5-16-17(10-13)25-12-24-16)22-15-3-1-2-14(11-15)18-20-8-9-26-18/h1-5,8-11H,6-7,12H2,(H2,21,22,23). The highest BCUT2D eigenvalue weighted by atomic mass is 32.1. The minimum Gasteiger partial charge on any atom is -0.454 e. The lowest BCUT2D eigenvalue weighted by atomic mass is 10.1. The quantitative estimate of drug-likeness (QED) is 0.717. The van der Waals surface area contributed by atoms with Crippen LogP contribution in [-0.2, 0) is 6.42 Å². The van der Waals surface area contributed by atoms with E-state index >= 15 is 0 Å². The summed E-state index contributed by atoms with van der Waals surface area (Å²) >= 11 is 1.56. The van der Waals surface area contributed by atoms with E-state index in [9.17, 15) is 4.79 Å². The lowest BCUT2D eigenvalue weighted by Gasteiger charge is -2.09. The number of hydrogen-bond acceptors (Lipinski definition) is 5. The Morgan fingerprint density at radius 2 is 2.08 bits per heavy atom. The molecule has 4 rings (SSSR count). The number of nitrogens with zero attached hydrogens (tertiary/aromatic N) is 1. The first-order valence-corrected chi connectivity index (χ1v) is 9.09. The fraction of sp³-hybridized carbons (Fsp3) is 0.158. The Labute approximate surface area is 154 Å². The van der Waals surface area contributed by atoms with Crippen molar-refractivity contribution in [1.29, 1.82) is 0 Å². The van der Waals surface area contributed by atoms with Crippen molar-refractivity contribution in [2.45, 2.75) is 6.42 Å². The van der Waals surface area contributed by atoms with Gasteiger partial charge in [0.25, 0.3) is 0 Å². The summed E-state index contributed by atoms with van der Waals surface area (Å²) in [5.41, 5.74) is 2.80. The van der Waals surface area contributed by atoms with E-state index in [1.54, 1.807) is 17.5 Å². The molecule has 1 aliphatic heterocycles. The van der Waals surface area contributed by atoms with E-state index < -0.39 is 0 Å². The van der Waals surface area contributed by atoms with Crippen LogP contribution in [0, 0.1) is 0 Å². The van der Waals surface area contributed by atoms with Crippen LogP contribution in [0.5, 0.6) is 11.5 Å². The van der Waals surface area contributed by atoms with Crippen LogP contribution in [0.4, 0.5) is 10.5 Å². The summed E-state index contributed by atoms with van der Waals surface area (Å²) in [5.74, 6) is 1.52. The maximum absolute atomic E-state index is 12.1. The van der Waals surface area contributed by atoms with E-state index in [0.29, 0.717) is 13.0 Å².